The molecule has 65 valence electrons. The second-order valence-corrected chi connectivity index (χ2v) is 2.13. The van der Waals surface area contributed by atoms with Gasteiger partial charge in [0.1, 0.15) is 0 Å². The number of benzene rings is 1. The van der Waals surface area contributed by atoms with Gasteiger partial charge in [-0.25, -0.2) is 0 Å². The minimum Gasteiger partial charge on any atom is -0.493 e. The molecule has 0 atom stereocenters. The zero-order valence-corrected chi connectivity index (χ0v) is 7.38. The summed E-state index contributed by atoms with van der Waals surface area (Å²) in [6.07, 6.45) is 0. The molecule has 0 aliphatic rings. The Labute approximate surface area is 71.9 Å². The predicted molar refractivity (Wildman–Crippen MR) is 44.9 cm³/mol. The second kappa shape index (κ2) is 3.85. The van der Waals surface area contributed by atoms with Crippen molar-refractivity contribution in [2.75, 3.05) is 21.3 Å². The summed E-state index contributed by atoms with van der Waals surface area (Å²) >= 11 is 0. The van der Waals surface area contributed by atoms with Gasteiger partial charge in [-0.15, -0.1) is 0 Å². The molecule has 12 heavy (non-hydrogen) atoms. The van der Waals surface area contributed by atoms with E-state index in [4.69, 9.17) is 14.2 Å². The average Bonchev–Trinajstić information content (AvgIpc) is 2.16. The van der Waals surface area contributed by atoms with Crippen molar-refractivity contribution in [1.29, 1.82) is 0 Å². The van der Waals surface area contributed by atoms with E-state index < -0.39 is 0 Å². The molecule has 0 saturated carbocycles. The predicted octanol–water partition coefficient (Wildman–Crippen LogP) is 1.51. The first-order valence-corrected chi connectivity index (χ1v) is 3.49. The van der Waals surface area contributed by atoms with E-state index in [1.807, 2.05) is 0 Å². The lowest BCUT2D eigenvalue weighted by atomic mass is 10.3. The van der Waals surface area contributed by atoms with E-state index in [0.717, 1.165) is 0 Å². The SMILES string of the molecule is COc1c[c]cc(OC)c1OC. The summed E-state index contributed by atoms with van der Waals surface area (Å²) in [4.78, 5) is 0. The standard InChI is InChI=1S/C9H11O3/c1-10-7-5-4-6-8(11-2)9(7)12-3/h5-6H,1-3H3. The summed E-state index contributed by atoms with van der Waals surface area (Å²) in [6.45, 7) is 0. The Morgan fingerprint density at radius 3 is 1.75 bits per heavy atom. The van der Waals surface area contributed by atoms with Crippen molar-refractivity contribution in [1.82, 2.24) is 0 Å². The molecule has 3 nitrogen and oxygen atoms in total. The molecule has 1 aromatic rings. The van der Waals surface area contributed by atoms with E-state index in [0.29, 0.717) is 17.2 Å². The molecule has 0 aliphatic carbocycles. The van der Waals surface area contributed by atoms with Gasteiger partial charge >= 0.3 is 0 Å². The third-order valence-electron chi connectivity index (χ3n) is 1.52. The van der Waals surface area contributed by atoms with Crippen molar-refractivity contribution in [3.05, 3.63) is 18.2 Å². The number of rotatable bonds is 3. The van der Waals surface area contributed by atoms with E-state index in [1.54, 1.807) is 33.5 Å². The Hall–Kier alpha value is -1.38. The molecule has 0 N–H and O–H groups in total. The lowest BCUT2D eigenvalue weighted by molar-refractivity contribution is 0.324. The topological polar surface area (TPSA) is 27.7 Å². The third-order valence-corrected chi connectivity index (χ3v) is 1.52. The Bertz CT molecular complexity index is 236. The van der Waals surface area contributed by atoms with Crippen LogP contribution in [-0.2, 0) is 0 Å². The highest BCUT2D eigenvalue weighted by Gasteiger charge is 2.08. The van der Waals surface area contributed by atoms with E-state index in [-0.39, 0.29) is 0 Å². The minimum atomic E-state index is 0.596. The first kappa shape index (κ1) is 8.71. The molecule has 0 saturated heterocycles. The maximum atomic E-state index is 5.09. The summed E-state index contributed by atoms with van der Waals surface area (Å²) in [7, 11) is 4.72. The van der Waals surface area contributed by atoms with Crippen LogP contribution in [-0.4, -0.2) is 21.3 Å². The summed E-state index contributed by atoms with van der Waals surface area (Å²) in [5.74, 6) is 1.84. The fourth-order valence-corrected chi connectivity index (χ4v) is 0.950. The van der Waals surface area contributed by atoms with Crippen molar-refractivity contribution >= 4 is 0 Å². The lowest BCUT2D eigenvalue weighted by Crippen LogP contribution is -1.93. The molecule has 3 heteroatoms. The van der Waals surface area contributed by atoms with Crippen molar-refractivity contribution in [3.63, 3.8) is 0 Å². The molecule has 1 radical (unpaired) electrons. The van der Waals surface area contributed by atoms with Gasteiger partial charge in [-0.05, 0) is 18.2 Å². The molecule has 1 aromatic carbocycles. The number of ether oxygens (including phenoxy) is 3. The average molecular weight is 167 g/mol. The van der Waals surface area contributed by atoms with E-state index >= 15 is 0 Å². The molecule has 0 aliphatic heterocycles. The smallest absolute Gasteiger partial charge is 0.203 e. The molecule has 0 bridgehead atoms. The summed E-state index contributed by atoms with van der Waals surface area (Å²) in [5, 5.41) is 0. The van der Waals surface area contributed by atoms with Gasteiger partial charge < -0.3 is 14.2 Å². The summed E-state index contributed by atoms with van der Waals surface area (Å²) < 4.78 is 15.2. The third kappa shape index (κ3) is 1.44. The van der Waals surface area contributed by atoms with Crippen LogP contribution in [0.5, 0.6) is 17.2 Å². The Kier molecular flexibility index (Phi) is 2.80. The number of hydrogen-bond donors (Lipinski definition) is 0. The first-order valence-electron chi connectivity index (χ1n) is 3.49. The number of hydrogen-bond acceptors (Lipinski definition) is 3. The first-order chi connectivity index (χ1) is 5.83. The van der Waals surface area contributed by atoms with E-state index in [2.05, 4.69) is 6.07 Å². The molecule has 0 unspecified atom stereocenters. The highest BCUT2D eigenvalue weighted by Crippen LogP contribution is 2.35. The van der Waals surface area contributed by atoms with Crippen LogP contribution in [0, 0.1) is 6.07 Å². The molecule has 0 aromatic heterocycles. The molecule has 1 rings (SSSR count). The van der Waals surface area contributed by atoms with Gasteiger partial charge in [0.2, 0.25) is 5.75 Å². The van der Waals surface area contributed by atoms with Gasteiger partial charge in [-0.2, -0.15) is 0 Å². The number of methoxy groups -OCH3 is 3. The summed E-state index contributed by atoms with van der Waals surface area (Å²) in [5.41, 5.74) is 0. The van der Waals surface area contributed by atoms with Gasteiger partial charge in [0.25, 0.3) is 0 Å². The molecular weight excluding hydrogens is 156 g/mol. The maximum absolute atomic E-state index is 5.09. The quantitative estimate of drug-likeness (QED) is 0.683. The van der Waals surface area contributed by atoms with Gasteiger partial charge in [-0.3, -0.25) is 0 Å². The fraction of sp³-hybridized carbons (Fsp3) is 0.333. The Balaban J connectivity index is 3.13. The summed E-state index contributed by atoms with van der Waals surface area (Å²) in [6, 6.07) is 6.27. The maximum Gasteiger partial charge on any atom is 0.203 e. The molecule has 0 heterocycles. The monoisotopic (exact) mass is 167 g/mol. The van der Waals surface area contributed by atoms with Crippen LogP contribution in [0.2, 0.25) is 0 Å². The van der Waals surface area contributed by atoms with Crippen LogP contribution in [0.3, 0.4) is 0 Å². The normalized spacial score (nSPS) is 9.25. The second-order valence-electron chi connectivity index (χ2n) is 2.13. The van der Waals surface area contributed by atoms with E-state index in [1.165, 1.54) is 0 Å². The fourth-order valence-electron chi connectivity index (χ4n) is 0.950. The zero-order valence-electron chi connectivity index (χ0n) is 7.38. The molecular formula is C9H11O3. The van der Waals surface area contributed by atoms with Crippen molar-refractivity contribution in [2.24, 2.45) is 0 Å². The van der Waals surface area contributed by atoms with Crippen molar-refractivity contribution in [2.45, 2.75) is 0 Å². The van der Waals surface area contributed by atoms with Crippen LogP contribution >= 0.6 is 0 Å². The van der Waals surface area contributed by atoms with Crippen LogP contribution in [0.4, 0.5) is 0 Å². The van der Waals surface area contributed by atoms with E-state index in [9.17, 15) is 0 Å². The van der Waals surface area contributed by atoms with Crippen LogP contribution in [0.1, 0.15) is 0 Å². The Morgan fingerprint density at radius 1 is 0.917 bits per heavy atom. The van der Waals surface area contributed by atoms with Crippen LogP contribution in [0.15, 0.2) is 12.1 Å². The lowest BCUT2D eigenvalue weighted by Gasteiger charge is -2.10. The highest BCUT2D eigenvalue weighted by molar-refractivity contribution is 5.50. The molecule has 0 amide bonds. The zero-order chi connectivity index (χ0) is 8.97. The van der Waals surface area contributed by atoms with Crippen LogP contribution < -0.4 is 14.2 Å². The van der Waals surface area contributed by atoms with Gasteiger partial charge in [0, 0.05) is 0 Å². The van der Waals surface area contributed by atoms with Gasteiger partial charge in [0.05, 0.1) is 21.3 Å². The van der Waals surface area contributed by atoms with Crippen molar-refractivity contribution < 1.29 is 14.2 Å². The molecule has 0 spiro atoms. The highest BCUT2D eigenvalue weighted by atomic mass is 16.5. The largest absolute Gasteiger partial charge is 0.493 e. The van der Waals surface area contributed by atoms with Gasteiger partial charge in [0.15, 0.2) is 11.5 Å². The van der Waals surface area contributed by atoms with Crippen LogP contribution in [0.25, 0.3) is 0 Å². The minimum absolute atomic E-state index is 0.596. The van der Waals surface area contributed by atoms with Gasteiger partial charge in [-0.1, -0.05) is 0 Å². The van der Waals surface area contributed by atoms with Crippen molar-refractivity contribution in [3.8, 4) is 17.2 Å². The Morgan fingerprint density at radius 2 is 1.42 bits per heavy atom. The molecule has 0 fully saturated rings.